The van der Waals surface area contributed by atoms with Crippen LogP contribution >= 0.6 is 0 Å². The molecular weight excluding hydrogens is 369 g/mol. The van der Waals surface area contributed by atoms with E-state index in [9.17, 15) is 10.0 Å². The fourth-order valence-corrected chi connectivity index (χ4v) is 3.00. The first-order chi connectivity index (χ1) is 14.0. The third-order valence-corrected chi connectivity index (χ3v) is 4.46. The molecule has 0 aliphatic carbocycles. The Balaban J connectivity index is 1.66. The minimum Gasteiger partial charge on any atom is -0.423 e. The van der Waals surface area contributed by atoms with E-state index in [-0.39, 0.29) is 0 Å². The summed E-state index contributed by atoms with van der Waals surface area (Å²) in [7, 11) is 2.22. The van der Waals surface area contributed by atoms with Crippen LogP contribution in [-0.2, 0) is 6.54 Å². The van der Waals surface area contributed by atoms with Gasteiger partial charge in [0, 0.05) is 26.0 Å². The van der Waals surface area contributed by atoms with Crippen LogP contribution in [-0.4, -0.2) is 56.2 Å². The molecule has 0 aliphatic heterocycles. The summed E-state index contributed by atoms with van der Waals surface area (Å²) >= 11 is 0. The molecule has 0 fully saturated rings. The lowest BCUT2D eigenvalue weighted by atomic mass is 9.80. The molecule has 0 saturated carbocycles. The Morgan fingerprint density at radius 2 is 1.90 bits per heavy atom. The van der Waals surface area contributed by atoms with Crippen LogP contribution in [0.1, 0.15) is 5.56 Å². The number of nitrogens with zero attached hydrogens (tertiary/aromatic N) is 6. The van der Waals surface area contributed by atoms with E-state index >= 15 is 0 Å². The summed E-state index contributed by atoms with van der Waals surface area (Å²) in [4.78, 5) is 6.46. The van der Waals surface area contributed by atoms with Crippen LogP contribution in [0.15, 0.2) is 54.7 Å². The largest absolute Gasteiger partial charge is 0.488 e. The third-order valence-electron chi connectivity index (χ3n) is 4.46. The van der Waals surface area contributed by atoms with Gasteiger partial charge in [0.15, 0.2) is 11.6 Å². The monoisotopic (exact) mass is 389 g/mol. The zero-order valence-corrected chi connectivity index (χ0v) is 16.1. The lowest BCUT2D eigenvalue weighted by Crippen LogP contribution is -2.30. The molecule has 9 nitrogen and oxygen atoms in total. The minimum absolute atomic E-state index is 0.360. The van der Waals surface area contributed by atoms with E-state index in [4.69, 9.17) is 0 Å². The van der Waals surface area contributed by atoms with Crippen LogP contribution in [0.25, 0.3) is 16.9 Å². The Labute approximate surface area is 167 Å². The highest BCUT2D eigenvalue weighted by atomic mass is 16.4. The van der Waals surface area contributed by atoms with Gasteiger partial charge in [-0.3, -0.25) is 0 Å². The molecule has 4 aromatic rings. The molecule has 10 heteroatoms. The topological polar surface area (TPSA) is 112 Å². The van der Waals surface area contributed by atoms with Crippen molar-refractivity contribution in [3.63, 3.8) is 0 Å². The lowest BCUT2D eigenvalue weighted by Gasteiger charge is -2.16. The maximum Gasteiger partial charge on any atom is 0.488 e. The van der Waals surface area contributed by atoms with Crippen molar-refractivity contribution in [3.05, 3.63) is 60.3 Å². The standard InChI is InChI=1S/C19H20BN7O2/c1-26(2)18-17(21-11-13-6-5-8-15(10-13)20(28)29)23-19(25-24-18)27-16-9-4-3-7-14(16)12-22-27/h3-10,12,28-29H,11H2,1-2H3,(H,21,23,25). The molecule has 3 N–H and O–H groups in total. The van der Waals surface area contributed by atoms with Crippen molar-refractivity contribution >= 4 is 35.1 Å². The number of anilines is 2. The van der Waals surface area contributed by atoms with Crippen LogP contribution in [0.4, 0.5) is 11.6 Å². The van der Waals surface area contributed by atoms with Gasteiger partial charge in [0.25, 0.3) is 5.95 Å². The van der Waals surface area contributed by atoms with Gasteiger partial charge in [0.1, 0.15) is 0 Å². The summed E-state index contributed by atoms with van der Waals surface area (Å²) in [6.07, 6.45) is 1.76. The number of fused-ring (bicyclic) bond motifs is 1. The molecule has 0 amide bonds. The molecule has 2 aromatic heterocycles. The van der Waals surface area contributed by atoms with Gasteiger partial charge < -0.3 is 20.3 Å². The number of aromatic nitrogens is 5. The quantitative estimate of drug-likeness (QED) is 0.411. The van der Waals surface area contributed by atoms with E-state index < -0.39 is 7.12 Å². The summed E-state index contributed by atoms with van der Waals surface area (Å²) in [5, 5.41) is 35.9. The van der Waals surface area contributed by atoms with Crippen molar-refractivity contribution in [1.29, 1.82) is 0 Å². The van der Waals surface area contributed by atoms with E-state index in [1.807, 2.05) is 49.3 Å². The first kappa shape index (κ1) is 18.8. The van der Waals surface area contributed by atoms with Gasteiger partial charge in [-0.05, 0) is 17.1 Å². The Bertz CT molecular complexity index is 1150. The van der Waals surface area contributed by atoms with Crippen LogP contribution in [0.2, 0.25) is 0 Å². The van der Waals surface area contributed by atoms with Crippen LogP contribution in [0.3, 0.4) is 0 Å². The van der Waals surface area contributed by atoms with Gasteiger partial charge in [0.2, 0.25) is 0 Å². The molecular formula is C19H20BN7O2. The number of rotatable bonds is 6. The summed E-state index contributed by atoms with van der Waals surface area (Å²) in [5.41, 5.74) is 2.20. The summed E-state index contributed by atoms with van der Waals surface area (Å²) in [5.74, 6) is 1.50. The Morgan fingerprint density at radius 1 is 1.07 bits per heavy atom. The van der Waals surface area contributed by atoms with E-state index in [0.717, 1.165) is 16.5 Å². The molecule has 146 valence electrons. The molecule has 2 heterocycles. The first-order valence-corrected chi connectivity index (χ1v) is 9.07. The molecule has 0 bridgehead atoms. The van der Waals surface area contributed by atoms with E-state index in [1.54, 1.807) is 29.1 Å². The Kier molecular flexibility index (Phi) is 5.11. The van der Waals surface area contributed by atoms with Crippen LogP contribution in [0.5, 0.6) is 0 Å². The van der Waals surface area contributed by atoms with Gasteiger partial charge in [0.05, 0.1) is 11.7 Å². The third kappa shape index (κ3) is 3.89. The second kappa shape index (κ2) is 7.86. The number of benzene rings is 2. The Hall–Kier alpha value is -3.50. The lowest BCUT2D eigenvalue weighted by molar-refractivity contribution is 0.425. The zero-order chi connectivity index (χ0) is 20.4. The van der Waals surface area contributed by atoms with E-state index in [2.05, 4.69) is 25.6 Å². The van der Waals surface area contributed by atoms with Crippen molar-refractivity contribution in [2.45, 2.75) is 6.54 Å². The summed E-state index contributed by atoms with van der Waals surface area (Å²) in [6, 6.07) is 14.9. The fraction of sp³-hybridized carbons (Fsp3) is 0.158. The molecule has 2 aromatic carbocycles. The molecule has 0 spiro atoms. The van der Waals surface area contributed by atoms with Crippen molar-refractivity contribution in [2.24, 2.45) is 0 Å². The van der Waals surface area contributed by atoms with Crippen molar-refractivity contribution < 1.29 is 10.0 Å². The van der Waals surface area contributed by atoms with Gasteiger partial charge in [-0.25, -0.2) is 0 Å². The maximum atomic E-state index is 9.37. The molecule has 0 atom stereocenters. The highest BCUT2D eigenvalue weighted by Gasteiger charge is 2.15. The van der Waals surface area contributed by atoms with Crippen LogP contribution < -0.4 is 15.7 Å². The highest BCUT2D eigenvalue weighted by molar-refractivity contribution is 6.58. The molecule has 0 unspecified atom stereocenters. The van der Waals surface area contributed by atoms with Crippen molar-refractivity contribution in [2.75, 3.05) is 24.3 Å². The number of nitrogens with one attached hydrogen (secondary N) is 1. The van der Waals surface area contributed by atoms with Crippen molar-refractivity contribution in [1.82, 2.24) is 25.0 Å². The van der Waals surface area contributed by atoms with Gasteiger partial charge >= 0.3 is 7.12 Å². The van der Waals surface area contributed by atoms with E-state index in [1.165, 1.54) is 0 Å². The molecule has 0 aliphatic rings. The van der Waals surface area contributed by atoms with Crippen LogP contribution in [0, 0.1) is 0 Å². The average molecular weight is 389 g/mol. The predicted octanol–water partition coefficient (Wildman–Crippen LogP) is 0.568. The Morgan fingerprint density at radius 3 is 2.69 bits per heavy atom. The predicted molar refractivity (Wildman–Crippen MR) is 112 cm³/mol. The SMILES string of the molecule is CN(C)c1nnc(-n2ncc3ccccc32)nc1NCc1cccc(B(O)O)c1. The molecule has 0 radical (unpaired) electrons. The minimum atomic E-state index is -1.51. The average Bonchev–Trinajstić information content (AvgIpc) is 3.16. The van der Waals surface area contributed by atoms with E-state index in [0.29, 0.717) is 29.6 Å². The number of para-hydroxylation sites is 1. The van der Waals surface area contributed by atoms with Crippen molar-refractivity contribution in [3.8, 4) is 5.95 Å². The normalized spacial score (nSPS) is 10.9. The molecule has 29 heavy (non-hydrogen) atoms. The second-order valence-electron chi connectivity index (χ2n) is 6.77. The maximum absolute atomic E-state index is 9.37. The number of hydrogen-bond donors (Lipinski definition) is 3. The molecule has 4 rings (SSSR count). The van der Waals surface area contributed by atoms with Gasteiger partial charge in [-0.15, -0.1) is 10.2 Å². The molecule has 0 saturated heterocycles. The zero-order valence-electron chi connectivity index (χ0n) is 16.1. The van der Waals surface area contributed by atoms with Gasteiger partial charge in [-0.2, -0.15) is 14.8 Å². The number of hydrogen-bond acceptors (Lipinski definition) is 8. The highest BCUT2D eigenvalue weighted by Crippen LogP contribution is 2.21. The smallest absolute Gasteiger partial charge is 0.423 e. The fourth-order valence-electron chi connectivity index (χ4n) is 3.00. The summed E-state index contributed by atoms with van der Waals surface area (Å²) < 4.78 is 1.65. The first-order valence-electron chi connectivity index (χ1n) is 9.07. The van der Waals surface area contributed by atoms with Gasteiger partial charge in [-0.1, -0.05) is 42.5 Å². The second-order valence-corrected chi connectivity index (χ2v) is 6.77. The summed E-state index contributed by atoms with van der Waals surface area (Å²) in [6.45, 7) is 0.430.